The topological polar surface area (TPSA) is 66.5 Å². The van der Waals surface area contributed by atoms with E-state index >= 15 is 0 Å². The van der Waals surface area contributed by atoms with Gasteiger partial charge < -0.3 is 5.32 Å². The van der Waals surface area contributed by atoms with E-state index in [0.29, 0.717) is 24.6 Å². The zero-order valence-corrected chi connectivity index (χ0v) is 15.6. The van der Waals surface area contributed by atoms with Gasteiger partial charge in [-0.1, -0.05) is 29.8 Å². The molecule has 0 saturated heterocycles. The van der Waals surface area contributed by atoms with Crippen molar-refractivity contribution in [2.24, 2.45) is 5.92 Å². The van der Waals surface area contributed by atoms with Gasteiger partial charge in [0.05, 0.1) is 6.26 Å². The van der Waals surface area contributed by atoms with Crippen LogP contribution in [0.3, 0.4) is 0 Å². The number of hydrogen-bond donors (Lipinski definition) is 1. The van der Waals surface area contributed by atoms with Crippen LogP contribution in [0.2, 0.25) is 0 Å². The van der Waals surface area contributed by atoms with Crippen LogP contribution in [0, 0.1) is 5.92 Å². The Morgan fingerprint density at radius 2 is 1.82 bits per heavy atom. The lowest BCUT2D eigenvalue weighted by molar-refractivity contribution is 0.0951. The van der Waals surface area contributed by atoms with Crippen molar-refractivity contribution in [2.75, 3.05) is 25.9 Å². The van der Waals surface area contributed by atoms with E-state index in [1.807, 2.05) is 0 Å². The van der Waals surface area contributed by atoms with Gasteiger partial charge in [-0.2, -0.15) is 0 Å². The van der Waals surface area contributed by atoms with Gasteiger partial charge in [-0.3, -0.25) is 4.79 Å². The monoisotopic (exact) mass is 390 g/mol. The van der Waals surface area contributed by atoms with Crippen LogP contribution < -0.4 is 5.32 Å². The van der Waals surface area contributed by atoms with Gasteiger partial charge in [-0.25, -0.2) is 12.7 Å². The van der Waals surface area contributed by atoms with E-state index in [0.717, 1.165) is 10.9 Å². The molecule has 1 amide bonds. The molecule has 0 aliphatic carbocycles. The van der Waals surface area contributed by atoms with Crippen molar-refractivity contribution in [3.8, 4) is 0 Å². The molecule has 22 heavy (non-hydrogen) atoms. The second-order valence-electron chi connectivity index (χ2n) is 5.61. The Labute approximate surface area is 141 Å². The highest BCUT2D eigenvalue weighted by molar-refractivity contribution is 9.10. The first-order valence-corrected chi connectivity index (χ1v) is 9.83. The van der Waals surface area contributed by atoms with Crippen molar-refractivity contribution >= 4 is 31.9 Å². The Balaban J connectivity index is 2.51. The minimum absolute atomic E-state index is 0.204. The molecule has 0 spiro atoms. The summed E-state index contributed by atoms with van der Waals surface area (Å²) in [4.78, 5) is 12.0. The van der Waals surface area contributed by atoms with Crippen molar-refractivity contribution < 1.29 is 13.2 Å². The van der Waals surface area contributed by atoms with E-state index in [1.165, 1.54) is 10.6 Å². The molecule has 124 valence electrons. The lowest BCUT2D eigenvalue weighted by Gasteiger charge is -2.21. The third kappa shape index (κ3) is 6.89. The third-order valence-corrected chi connectivity index (χ3v) is 5.01. The van der Waals surface area contributed by atoms with E-state index in [2.05, 4.69) is 35.1 Å². The number of benzene rings is 1. The molecule has 0 atom stereocenters. The summed E-state index contributed by atoms with van der Waals surface area (Å²) in [6.45, 7) is 5.16. The first-order valence-electron chi connectivity index (χ1n) is 7.19. The van der Waals surface area contributed by atoms with Gasteiger partial charge in [-0.15, -0.1) is 0 Å². The maximum absolute atomic E-state index is 12.0. The molecule has 5 nitrogen and oxygen atoms in total. The first kappa shape index (κ1) is 19.1. The van der Waals surface area contributed by atoms with Crippen LogP contribution in [-0.4, -0.2) is 44.5 Å². The molecule has 1 N–H and O–H groups in total. The summed E-state index contributed by atoms with van der Waals surface area (Å²) < 4.78 is 25.8. The number of nitrogens with one attached hydrogen (secondary N) is 1. The van der Waals surface area contributed by atoms with Gasteiger partial charge in [0.15, 0.2) is 0 Å². The number of hydrogen-bond acceptors (Lipinski definition) is 3. The molecule has 0 aliphatic heterocycles. The lowest BCUT2D eigenvalue weighted by atomic mass is 10.1. The van der Waals surface area contributed by atoms with Gasteiger partial charge in [0.1, 0.15) is 0 Å². The van der Waals surface area contributed by atoms with Gasteiger partial charge >= 0.3 is 0 Å². The Morgan fingerprint density at radius 3 is 2.32 bits per heavy atom. The number of nitrogens with zero attached hydrogens (tertiary/aromatic N) is 1. The highest BCUT2D eigenvalue weighted by Crippen LogP contribution is 2.10. The van der Waals surface area contributed by atoms with Crippen LogP contribution in [0.1, 0.15) is 30.6 Å². The highest BCUT2D eigenvalue weighted by Gasteiger charge is 2.16. The molecule has 0 aliphatic rings. The van der Waals surface area contributed by atoms with Gasteiger partial charge in [0, 0.05) is 29.7 Å². The largest absolute Gasteiger partial charge is 0.351 e. The number of rotatable bonds is 8. The van der Waals surface area contributed by atoms with Crippen molar-refractivity contribution in [3.05, 3.63) is 34.3 Å². The summed E-state index contributed by atoms with van der Waals surface area (Å²) in [5.41, 5.74) is 0.552. The van der Waals surface area contributed by atoms with Crippen LogP contribution in [0.25, 0.3) is 0 Å². The molecule has 0 unspecified atom stereocenters. The van der Waals surface area contributed by atoms with E-state index in [4.69, 9.17) is 0 Å². The number of carbonyl (C=O) groups is 1. The van der Waals surface area contributed by atoms with Crippen LogP contribution in [0.5, 0.6) is 0 Å². The minimum Gasteiger partial charge on any atom is -0.351 e. The van der Waals surface area contributed by atoms with Crippen LogP contribution >= 0.6 is 15.9 Å². The van der Waals surface area contributed by atoms with E-state index in [1.54, 1.807) is 24.3 Å². The maximum atomic E-state index is 12.0. The summed E-state index contributed by atoms with van der Waals surface area (Å²) in [5, 5.41) is 2.75. The predicted molar refractivity (Wildman–Crippen MR) is 92.3 cm³/mol. The Hall–Kier alpha value is -0.920. The molecule has 0 saturated carbocycles. The Morgan fingerprint density at radius 1 is 1.23 bits per heavy atom. The quantitative estimate of drug-likeness (QED) is 0.741. The molecule has 7 heteroatoms. The first-order chi connectivity index (χ1) is 10.2. The summed E-state index contributed by atoms with van der Waals surface area (Å²) in [6.07, 6.45) is 2.00. The molecule has 1 aromatic rings. The van der Waals surface area contributed by atoms with E-state index in [9.17, 15) is 13.2 Å². The fourth-order valence-electron chi connectivity index (χ4n) is 1.84. The minimum atomic E-state index is -3.25. The van der Waals surface area contributed by atoms with Crippen molar-refractivity contribution in [2.45, 2.75) is 20.3 Å². The molecule has 0 aromatic heterocycles. The second-order valence-corrected chi connectivity index (χ2v) is 8.51. The van der Waals surface area contributed by atoms with Crippen molar-refractivity contribution in [3.63, 3.8) is 0 Å². The number of sulfonamides is 1. The van der Waals surface area contributed by atoms with Crippen molar-refractivity contribution in [1.29, 1.82) is 0 Å². The standard InChI is InChI=1S/C15H23BrN2O3S/c1-12(2)8-10-18(22(3,20)21)11-9-17-15(19)13-4-6-14(16)7-5-13/h4-7,12H,8-11H2,1-3H3,(H,17,19). The molecule has 1 aromatic carbocycles. The van der Waals surface area contributed by atoms with Gasteiger partial charge in [0.2, 0.25) is 10.0 Å². The van der Waals surface area contributed by atoms with E-state index < -0.39 is 10.0 Å². The number of amides is 1. The van der Waals surface area contributed by atoms with Crippen LogP contribution in [0.4, 0.5) is 0 Å². The molecule has 0 bridgehead atoms. The zero-order chi connectivity index (χ0) is 16.8. The third-order valence-electron chi connectivity index (χ3n) is 3.18. The average molecular weight is 391 g/mol. The molecule has 0 heterocycles. The summed E-state index contributed by atoms with van der Waals surface area (Å²) >= 11 is 3.31. The second kappa shape index (κ2) is 8.64. The molecule has 0 fully saturated rings. The predicted octanol–water partition coefficient (Wildman–Crippen LogP) is 2.49. The smallest absolute Gasteiger partial charge is 0.251 e. The lowest BCUT2D eigenvalue weighted by Crippen LogP contribution is -2.38. The molecular weight excluding hydrogens is 368 g/mol. The maximum Gasteiger partial charge on any atom is 0.251 e. The summed E-state index contributed by atoms with van der Waals surface area (Å²) in [6, 6.07) is 7.01. The number of carbonyl (C=O) groups excluding carboxylic acids is 1. The van der Waals surface area contributed by atoms with E-state index in [-0.39, 0.29) is 12.5 Å². The fourth-order valence-corrected chi connectivity index (χ4v) is 2.97. The van der Waals surface area contributed by atoms with Gasteiger partial charge in [0.25, 0.3) is 5.91 Å². The normalized spacial score (nSPS) is 11.9. The molecule has 1 rings (SSSR count). The summed E-state index contributed by atoms with van der Waals surface area (Å²) in [5.74, 6) is 0.228. The fraction of sp³-hybridized carbons (Fsp3) is 0.533. The van der Waals surface area contributed by atoms with Crippen molar-refractivity contribution in [1.82, 2.24) is 9.62 Å². The highest BCUT2D eigenvalue weighted by atomic mass is 79.9. The molecular formula is C15H23BrN2O3S. The van der Waals surface area contributed by atoms with Crippen LogP contribution in [-0.2, 0) is 10.0 Å². The number of halogens is 1. The Kier molecular flexibility index (Phi) is 7.52. The van der Waals surface area contributed by atoms with Gasteiger partial charge in [-0.05, 0) is 36.6 Å². The summed E-state index contributed by atoms with van der Waals surface area (Å²) in [7, 11) is -3.25. The molecule has 0 radical (unpaired) electrons. The van der Waals surface area contributed by atoms with Crippen LogP contribution in [0.15, 0.2) is 28.7 Å². The Bertz CT molecular complexity index is 585. The SMILES string of the molecule is CC(C)CCN(CCNC(=O)c1ccc(Br)cc1)S(C)(=O)=O. The average Bonchev–Trinajstić information content (AvgIpc) is 2.41. The zero-order valence-electron chi connectivity index (χ0n) is 13.2.